The minimum Gasteiger partial charge on any atom is -0.375 e. The van der Waals surface area contributed by atoms with Crippen LogP contribution >= 0.6 is 0 Å². The molecule has 0 unspecified atom stereocenters. The Bertz CT molecular complexity index is 635. The summed E-state index contributed by atoms with van der Waals surface area (Å²) >= 11 is 0. The zero-order valence-corrected chi connectivity index (χ0v) is 8.94. The molecule has 0 atom stereocenters. The minimum atomic E-state index is -0.748. The molecule has 1 aromatic heterocycles. The van der Waals surface area contributed by atoms with Crippen molar-refractivity contribution in [3.8, 4) is 0 Å². The third-order valence-electron chi connectivity index (χ3n) is 2.16. The van der Waals surface area contributed by atoms with Crippen molar-refractivity contribution >= 4 is 11.4 Å². The Morgan fingerprint density at radius 2 is 2.28 bits per heavy atom. The SMILES string of the molecule is O=c1[nH]nc(CNc2ccc([N+](=O)[O-])cc2F)[nH]1. The molecule has 0 saturated heterocycles. The fraction of sp³-hybridized carbons (Fsp3) is 0.111. The molecular formula is C9H8FN5O3. The average molecular weight is 253 g/mol. The van der Waals surface area contributed by atoms with Gasteiger partial charge in [-0.3, -0.25) is 15.1 Å². The second kappa shape index (κ2) is 4.65. The highest BCUT2D eigenvalue weighted by Crippen LogP contribution is 2.20. The molecule has 2 aromatic rings. The van der Waals surface area contributed by atoms with Crippen LogP contribution < -0.4 is 11.0 Å². The van der Waals surface area contributed by atoms with Gasteiger partial charge in [-0.1, -0.05) is 0 Å². The maximum Gasteiger partial charge on any atom is 0.340 e. The van der Waals surface area contributed by atoms with Crippen LogP contribution in [0.2, 0.25) is 0 Å². The summed E-state index contributed by atoms with van der Waals surface area (Å²) in [5, 5.41) is 18.8. The van der Waals surface area contributed by atoms with E-state index in [-0.39, 0.29) is 17.9 Å². The summed E-state index contributed by atoms with van der Waals surface area (Å²) in [5.74, 6) is -0.445. The molecule has 1 aromatic carbocycles. The fourth-order valence-corrected chi connectivity index (χ4v) is 1.33. The normalized spacial score (nSPS) is 10.3. The largest absolute Gasteiger partial charge is 0.375 e. The van der Waals surface area contributed by atoms with E-state index in [0.717, 1.165) is 6.07 Å². The Balaban J connectivity index is 2.10. The van der Waals surface area contributed by atoms with E-state index in [2.05, 4.69) is 20.5 Å². The van der Waals surface area contributed by atoms with Gasteiger partial charge >= 0.3 is 5.69 Å². The van der Waals surface area contributed by atoms with E-state index in [0.29, 0.717) is 5.82 Å². The van der Waals surface area contributed by atoms with Crippen molar-refractivity contribution in [1.82, 2.24) is 15.2 Å². The first-order chi connectivity index (χ1) is 8.56. The fourth-order valence-electron chi connectivity index (χ4n) is 1.33. The molecule has 18 heavy (non-hydrogen) atoms. The molecule has 9 heteroatoms. The van der Waals surface area contributed by atoms with Crippen LogP contribution in [0.1, 0.15) is 5.82 Å². The Kier molecular flexibility index (Phi) is 3.04. The lowest BCUT2D eigenvalue weighted by molar-refractivity contribution is -0.385. The monoisotopic (exact) mass is 253 g/mol. The van der Waals surface area contributed by atoms with Crippen LogP contribution in [-0.2, 0) is 6.54 Å². The lowest BCUT2D eigenvalue weighted by Crippen LogP contribution is -2.05. The van der Waals surface area contributed by atoms with Crippen LogP contribution in [0.15, 0.2) is 23.0 Å². The molecule has 8 nitrogen and oxygen atoms in total. The van der Waals surface area contributed by atoms with Gasteiger partial charge in [-0.25, -0.2) is 14.3 Å². The van der Waals surface area contributed by atoms with Crippen molar-refractivity contribution in [2.75, 3.05) is 5.32 Å². The maximum atomic E-state index is 13.5. The molecule has 0 saturated carbocycles. The van der Waals surface area contributed by atoms with Gasteiger partial charge in [0, 0.05) is 6.07 Å². The Morgan fingerprint density at radius 1 is 1.50 bits per heavy atom. The van der Waals surface area contributed by atoms with Crippen LogP contribution in [0.25, 0.3) is 0 Å². The molecule has 0 aliphatic carbocycles. The number of aromatic amines is 2. The number of nitrogens with zero attached hydrogens (tertiary/aromatic N) is 2. The molecule has 0 aliphatic heterocycles. The molecule has 94 valence electrons. The standard InChI is InChI=1S/C9H8FN5O3/c10-6-3-5(15(17)18)1-2-7(6)11-4-8-12-9(16)14-13-8/h1-3,11H,4H2,(H2,12,13,14,16). The number of anilines is 1. The molecule has 0 spiro atoms. The molecule has 0 amide bonds. The van der Waals surface area contributed by atoms with Gasteiger partial charge in [-0.15, -0.1) is 0 Å². The third kappa shape index (κ3) is 2.51. The van der Waals surface area contributed by atoms with Crippen LogP contribution in [0.3, 0.4) is 0 Å². The minimum absolute atomic E-state index is 0.0875. The summed E-state index contributed by atoms with van der Waals surface area (Å²) in [6.45, 7) is 0.0907. The summed E-state index contributed by atoms with van der Waals surface area (Å²) in [4.78, 5) is 22.8. The lowest BCUT2D eigenvalue weighted by atomic mass is 10.2. The zero-order valence-electron chi connectivity index (χ0n) is 8.94. The first kappa shape index (κ1) is 11.8. The summed E-state index contributed by atoms with van der Waals surface area (Å²) in [6, 6.07) is 3.24. The molecule has 0 bridgehead atoms. The van der Waals surface area contributed by atoms with Gasteiger partial charge in [0.25, 0.3) is 5.69 Å². The number of rotatable bonds is 4. The van der Waals surface area contributed by atoms with Crippen molar-refractivity contribution in [3.63, 3.8) is 0 Å². The van der Waals surface area contributed by atoms with E-state index in [1.165, 1.54) is 12.1 Å². The number of hydrogen-bond acceptors (Lipinski definition) is 5. The average Bonchev–Trinajstić information content (AvgIpc) is 2.73. The molecule has 0 fully saturated rings. The number of halogens is 1. The number of nitro groups is 1. The molecule has 3 N–H and O–H groups in total. The van der Waals surface area contributed by atoms with Crippen molar-refractivity contribution in [1.29, 1.82) is 0 Å². The molecule has 0 radical (unpaired) electrons. The topological polar surface area (TPSA) is 117 Å². The van der Waals surface area contributed by atoms with E-state index < -0.39 is 16.4 Å². The predicted octanol–water partition coefficient (Wildman–Crippen LogP) is 0.757. The van der Waals surface area contributed by atoms with Gasteiger partial charge in [0.15, 0.2) is 5.82 Å². The molecule has 2 rings (SSSR count). The summed E-state index contributed by atoms with van der Waals surface area (Å²) in [6.07, 6.45) is 0. The highest BCUT2D eigenvalue weighted by atomic mass is 19.1. The van der Waals surface area contributed by atoms with Crippen molar-refractivity contribution < 1.29 is 9.31 Å². The van der Waals surface area contributed by atoms with E-state index in [1.54, 1.807) is 0 Å². The zero-order chi connectivity index (χ0) is 13.1. The van der Waals surface area contributed by atoms with Crippen molar-refractivity contribution in [3.05, 3.63) is 50.4 Å². The Labute approximate surface area is 99.0 Å². The molecule has 1 heterocycles. The number of H-pyrrole nitrogens is 2. The predicted molar refractivity (Wildman–Crippen MR) is 59.6 cm³/mol. The van der Waals surface area contributed by atoms with E-state index >= 15 is 0 Å². The van der Waals surface area contributed by atoms with E-state index in [4.69, 9.17) is 0 Å². The maximum absolute atomic E-state index is 13.5. The summed E-state index contributed by atoms with van der Waals surface area (Å²) in [7, 11) is 0. The number of nitro benzene ring substituents is 1. The van der Waals surface area contributed by atoms with Crippen LogP contribution in [0.5, 0.6) is 0 Å². The molecular weight excluding hydrogens is 245 g/mol. The highest BCUT2D eigenvalue weighted by molar-refractivity contribution is 5.50. The van der Waals surface area contributed by atoms with Crippen molar-refractivity contribution in [2.45, 2.75) is 6.54 Å². The molecule has 0 aliphatic rings. The quantitative estimate of drug-likeness (QED) is 0.549. The van der Waals surface area contributed by atoms with Crippen molar-refractivity contribution in [2.24, 2.45) is 0 Å². The number of benzene rings is 1. The van der Waals surface area contributed by atoms with Gasteiger partial charge < -0.3 is 5.32 Å². The summed E-state index contributed by atoms with van der Waals surface area (Å²) < 4.78 is 13.5. The Morgan fingerprint density at radius 3 is 2.83 bits per heavy atom. The summed E-state index contributed by atoms with van der Waals surface area (Å²) in [5.41, 5.74) is -0.702. The number of hydrogen-bond donors (Lipinski definition) is 3. The first-order valence-corrected chi connectivity index (χ1v) is 4.87. The lowest BCUT2D eigenvalue weighted by Gasteiger charge is -2.04. The van der Waals surface area contributed by atoms with Crippen LogP contribution in [-0.4, -0.2) is 20.1 Å². The van der Waals surface area contributed by atoms with Crippen LogP contribution in [0, 0.1) is 15.9 Å². The smallest absolute Gasteiger partial charge is 0.340 e. The number of non-ortho nitro benzene ring substituents is 1. The van der Waals surface area contributed by atoms with Gasteiger partial charge in [-0.2, -0.15) is 5.10 Å². The number of nitrogens with one attached hydrogen (secondary N) is 3. The highest BCUT2D eigenvalue weighted by Gasteiger charge is 2.10. The van der Waals surface area contributed by atoms with Crippen LogP contribution in [0.4, 0.5) is 15.8 Å². The second-order valence-electron chi connectivity index (χ2n) is 3.40. The van der Waals surface area contributed by atoms with Gasteiger partial charge in [0.2, 0.25) is 0 Å². The van der Waals surface area contributed by atoms with Gasteiger partial charge in [0.1, 0.15) is 5.82 Å². The van der Waals surface area contributed by atoms with E-state index in [1.807, 2.05) is 0 Å². The van der Waals surface area contributed by atoms with Gasteiger partial charge in [0.05, 0.1) is 23.2 Å². The third-order valence-corrected chi connectivity index (χ3v) is 2.16. The first-order valence-electron chi connectivity index (χ1n) is 4.87. The second-order valence-corrected chi connectivity index (χ2v) is 3.40. The van der Waals surface area contributed by atoms with E-state index in [9.17, 15) is 19.3 Å². The van der Waals surface area contributed by atoms with Gasteiger partial charge in [-0.05, 0) is 6.07 Å². The Hall–Kier alpha value is -2.71. The number of aromatic nitrogens is 3.